The Balaban J connectivity index is 2.35. The molecule has 0 aliphatic rings. The molecule has 1 atom stereocenters. The van der Waals surface area contributed by atoms with E-state index < -0.39 is 24.0 Å². The summed E-state index contributed by atoms with van der Waals surface area (Å²) in [4.78, 5) is 34.3. The third-order valence-corrected chi connectivity index (χ3v) is 2.67. The van der Waals surface area contributed by atoms with Crippen molar-refractivity contribution in [1.82, 2.24) is 10.6 Å². The van der Waals surface area contributed by atoms with E-state index in [1.165, 1.54) is 6.92 Å². The Morgan fingerprint density at radius 1 is 1.23 bits per heavy atom. The van der Waals surface area contributed by atoms with Gasteiger partial charge in [0.25, 0.3) is 5.91 Å². The van der Waals surface area contributed by atoms with Gasteiger partial charge in [0.15, 0.2) is 12.7 Å². The van der Waals surface area contributed by atoms with E-state index in [1.54, 1.807) is 31.2 Å². The molecule has 0 saturated carbocycles. The lowest BCUT2D eigenvalue weighted by molar-refractivity contribution is -0.156. The van der Waals surface area contributed by atoms with Crippen LogP contribution >= 0.6 is 11.6 Å². The van der Waals surface area contributed by atoms with E-state index in [0.29, 0.717) is 17.3 Å². The average Bonchev–Trinajstić information content (AvgIpc) is 2.46. The van der Waals surface area contributed by atoms with E-state index >= 15 is 0 Å². The lowest BCUT2D eigenvalue weighted by Gasteiger charge is -2.13. The number of hydrogen-bond donors (Lipinski definition) is 2. The molecule has 1 aromatic rings. The first-order valence-corrected chi connectivity index (χ1v) is 6.96. The number of hydrogen-bond acceptors (Lipinski definition) is 5. The molecule has 1 aromatic carbocycles. The van der Waals surface area contributed by atoms with Crippen molar-refractivity contribution < 1.29 is 23.9 Å². The average molecular weight is 329 g/mol. The number of urea groups is 1. The highest BCUT2D eigenvalue weighted by molar-refractivity contribution is 6.30. The van der Waals surface area contributed by atoms with E-state index in [0.717, 1.165) is 0 Å². The molecule has 3 amide bonds. The number of carbonyl (C=O) groups is 3. The molecule has 8 heteroatoms. The predicted molar refractivity (Wildman–Crippen MR) is 79.7 cm³/mol. The standard InChI is InChI=1S/C14H17ClN2O5/c1-3-16-14(20)17-13(19)9(2)22-12(18)8-21-11-6-4-10(15)5-7-11/h4-7,9H,3,8H2,1-2H3,(H2,16,17,19,20). The first-order valence-electron chi connectivity index (χ1n) is 6.59. The molecule has 0 aromatic heterocycles. The van der Waals surface area contributed by atoms with Crippen LogP contribution in [0.2, 0.25) is 5.02 Å². The second-order valence-corrected chi connectivity index (χ2v) is 4.66. The van der Waals surface area contributed by atoms with Crippen LogP contribution < -0.4 is 15.4 Å². The number of carbonyl (C=O) groups excluding carboxylic acids is 3. The fourth-order valence-electron chi connectivity index (χ4n) is 1.38. The van der Waals surface area contributed by atoms with Gasteiger partial charge < -0.3 is 14.8 Å². The first kappa shape index (κ1) is 17.8. The van der Waals surface area contributed by atoms with E-state index in [-0.39, 0.29) is 6.61 Å². The Bertz CT molecular complexity index is 533. The van der Waals surface area contributed by atoms with Gasteiger partial charge in [-0.05, 0) is 38.1 Å². The van der Waals surface area contributed by atoms with Crippen LogP contribution in [0, 0.1) is 0 Å². The number of benzene rings is 1. The van der Waals surface area contributed by atoms with Gasteiger partial charge in [-0.1, -0.05) is 11.6 Å². The molecule has 0 saturated heterocycles. The fourth-order valence-corrected chi connectivity index (χ4v) is 1.50. The van der Waals surface area contributed by atoms with Crippen molar-refractivity contribution in [3.63, 3.8) is 0 Å². The van der Waals surface area contributed by atoms with Crippen molar-refractivity contribution in [1.29, 1.82) is 0 Å². The molecule has 0 bridgehead atoms. The second kappa shape index (κ2) is 8.89. The zero-order chi connectivity index (χ0) is 16.5. The van der Waals surface area contributed by atoms with Crippen LogP contribution in [0.4, 0.5) is 4.79 Å². The maximum absolute atomic E-state index is 11.6. The van der Waals surface area contributed by atoms with Gasteiger partial charge in [0, 0.05) is 11.6 Å². The minimum absolute atomic E-state index is 0.361. The fraction of sp³-hybridized carbons (Fsp3) is 0.357. The predicted octanol–water partition coefficient (Wildman–Crippen LogP) is 1.50. The zero-order valence-corrected chi connectivity index (χ0v) is 13.0. The summed E-state index contributed by atoms with van der Waals surface area (Å²) < 4.78 is 10.0. The molecule has 0 aliphatic heterocycles. The maximum atomic E-state index is 11.6. The van der Waals surface area contributed by atoms with Crippen molar-refractivity contribution >= 4 is 29.5 Å². The van der Waals surface area contributed by atoms with Crippen LogP contribution in [-0.4, -0.2) is 37.2 Å². The lowest BCUT2D eigenvalue weighted by atomic mass is 10.3. The van der Waals surface area contributed by atoms with Crippen LogP contribution in [0.15, 0.2) is 24.3 Å². The largest absolute Gasteiger partial charge is 0.482 e. The third kappa shape index (κ3) is 6.45. The van der Waals surface area contributed by atoms with Crippen LogP contribution in [-0.2, 0) is 14.3 Å². The molecule has 0 radical (unpaired) electrons. The number of nitrogens with one attached hydrogen (secondary N) is 2. The van der Waals surface area contributed by atoms with Gasteiger partial charge >= 0.3 is 12.0 Å². The SMILES string of the molecule is CCNC(=O)NC(=O)C(C)OC(=O)COc1ccc(Cl)cc1. The van der Waals surface area contributed by atoms with Crippen LogP contribution in [0.1, 0.15) is 13.8 Å². The highest BCUT2D eigenvalue weighted by Crippen LogP contribution is 2.15. The van der Waals surface area contributed by atoms with Crippen LogP contribution in [0.5, 0.6) is 5.75 Å². The Labute approximate surface area is 132 Å². The summed E-state index contributed by atoms with van der Waals surface area (Å²) in [5, 5.41) is 4.98. The Hall–Kier alpha value is -2.28. The summed E-state index contributed by atoms with van der Waals surface area (Å²) in [5.41, 5.74) is 0. The van der Waals surface area contributed by atoms with Gasteiger partial charge in [-0.2, -0.15) is 0 Å². The molecular formula is C14H17ClN2O5. The van der Waals surface area contributed by atoms with Crippen molar-refractivity contribution in [2.45, 2.75) is 20.0 Å². The number of rotatable bonds is 6. The molecule has 0 fully saturated rings. The number of ether oxygens (including phenoxy) is 2. The van der Waals surface area contributed by atoms with Crippen LogP contribution in [0.3, 0.4) is 0 Å². The third-order valence-electron chi connectivity index (χ3n) is 2.42. The smallest absolute Gasteiger partial charge is 0.344 e. The number of esters is 1. The second-order valence-electron chi connectivity index (χ2n) is 4.22. The number of imide groups is 1. The topological polar surface area (TPSA) is 93.7 Å². The van der Waals surface area contributed by atoms with E-state index in [2.05, 4.69) is 5.32 Å². The highest BCUT2D eigenvalue weighted by Gasteiger charge is 2.19. The van der Waals surface area contributed by atoms with Gasteiger partial charge in [-0.15, -0.1) is 0 Å². The molecule has 0 aliphatic carbocycles. The van der Waals surface area contributed by atoms with E-state index in [9.17, 15) is 14.4 Å². The van der Waals surface area contributed by atoms with Crippen LogP contribution in [0.25, 0.3) is 0 Å². The molecule has 1 rings (SSSR count). The van der Waals surface area contributed by atoms with Crippen molar-refractivity contribution in [2.24, 2.45) is 0 Å². The number of amides is 3. The summed E-state index contributed by atoms with van der Waals surface area (Å²) in [7, 11) is 0. The normalized spacial score (nSPS) is 11.2. The van der Waals surface area contributed by atoms with E-state index in [1.807, 2.05) is 5.32 Å². The Kier molecular flexibility index (Phi) is 7.18. The molecule has 7 nitrogen and oxygen atoms in total. The quantitative estimate of drug-likeness (QED) is 0.772. The van der Waals surface area contributed by atoms with Gasteiger partial charge in [0.05, 0.1) is 0 Å². The minimum atomic E-state index is -1.11. The monoisotopic (exact) mass is 328 g/mol. The Morgan fingerprint density at radius 2 is 1.86 bits per heavy atom. The maximum Gasteiger partial charge on any atom is 0.344 e. The Morgan fingerprint density at radius 3 is 2.45 bits per heavy atom. The molecule has 120 valence electrons. The van der Waals surface area contributed by atoms with Gasteiger partial charge in [-0.25, -0.2) is 9.59 Å². The van der Waals surface area contributed by atoms with E-state index in [4.69, 9.17) is 21.1 Å². The van der Waals surface area contributed by atoms with Gasteiger partial charge in [0.2, 0.25) is 0 Å². The summed E-state index contributed by atoms with van der Waals surface area (Å²) in [5.74, 6) is -1.000. The number of halogens is 1. The lowest BCUT2D eigenvalue weighted by Crippen LogP contribution is -2.44. The summed E-state index contributed by atoms with van der Waals surface area (Å²) in [6.45, 7) is 3.08. The summed E-state index contributed by atoms with van der Waals surface area (Å²) in [6, 6.07) is 5.78. The molecule has 0 spiro atoms. The zero-order valence-electron chi connectivity index (χ0n) is 12.2. The molecule has 2 N–H and O–H groups in total. The molecule has 22 heavy (non-hydrogen) atoms. The molecule has 0 heterocycles. The van der Waals surface area contributed by atoms with Crippen molar-refractivity contribution in [2.75, 3.05) is 13.2 Å². The van der Waals surface area contributed by atoms with Crippen molar-refractivity contribution in [3.8, 4) is 5.75 Å². The van der Waals surface area contributed by atoms with Gasteiger partial charge in [0.1, 0.15) is 5.75 Å². The molecular weight excluding hydrogens is 312 g/mol. The summed E-state index contributed by atoms with van der Waals surface area (Å²) >= 11 is 5.72. The van der Waals surface area contributed by atoms with Crippen molar-refractivity contribution in [3.05, 3.63) is 29.3 Å². The van der Waals surface area contributed by atoms with Gasteiger partial charge in [-0.3, -0.25) is 10.1 Å². The minimum Gasteiger partial charge on any atom is -0.482 e. The molecule has 1 unspecified atom stereocenters. The summed E-state index contributed by atoms with van der Waals surface area (Å²) in [6.07, 6.45) is -1.11. The highest BCUT2D eigenvalue weighted by atomic mass is 35.5. The first-order chi connectivity index (χ1) is 10.4.